The van der Waals surface area contributed by atoms with Crippen LogP contribution in [0.1, 0.15) is 0 Å². The van der Waals surface area contributed by atoms with Gasteiger partial charge in [-0.3, -0.25) is 4.79 Å². The van der Waals surface area contributed by atoms with Gasteiger partial charge in [-0.05, 0) is 10.7 Å². The summed E-state index contributed by atoms with van der Waals surface area (Å²) in [6, 6.07) is 9.83. The summed E-state index contributed by atoms with van der Waals surface area (Å²) in [5.74, 6) is 0. The van der Waals surface area contributed by atoms with Crippen molar-refractivity contribution in [3.05, 3.63) is 58.7 Å². The van der Waals surface area contributed by atoms with Crippen molar-refractivity contribution < 1.29 is 29.6 Å². The predicted octanol–water partition coefficient (Wildman–Crippen LogP) is 0.221. The molecule has 1 aromatic carbocycles. The molecule has 100 valence electrons. The van der Waals surface area contributed by atoms with Crippen molar-refractivity contribution in [2.45, 2.75) is 11.7 Å². The minimum absolute atomic E-state index is 0. The molecule has 0 spiro atoms. The molecule has 0 aliphatic rings. The summed E-state index contributed by atoms with van der Waals surface area (Å²) in [6.07, 6.45) is 1.65. The largest absolute Gasteiger partial charge is 1.00 e. The van der Waals surface area contributed by atoms with Crippen LogP contribution >= 0.6 is 11.3 Å². The zero-order chi connectivity index (χ0) is 14.1. The standard InChI is InChI=1S/C15H12N2OS2.Na/c1-2-8-17-14(18)12-11(10-6-4-3-5-7-10)9-20-13(12)16-15(17)19;/h2-7,9H,1,8H2,(H,16,19);/q;+1/p-1. The molecule has 6 heteroatoms. The minimum atomic E-state index is -0.0972. The van der Waals surface area contributed by atoms with Gasteiger partial charge in [0.2, 0.25) is 0 Å². The number of thiophene rings is 1. The predicted molar refractivity (Wildman–Crippen MR) is 85.1 cm³/mol. The van der Waals surface area contributed by atoms with Gasteiger partial charge < -0.3 is 17.2 Å². The topological polar surface area (TPSA) is 34.9 Å². The van der Waals surface area contributed by atoms with Crippen LogP contribution in [0.5, 0.6) is 0 Å². The van der Waals surface area contributed by atoms with Crippen LogP contribution in [0.4, 0.5) is 0 Å². The molecular formula is C15H11N2NaOS2. The van der Waals surface area contributed by atoms with E-state index >= 15 is 0 Å². The van der Waals surface area contributed by atoms with Crippen LogP contribution in [0.3, 0.4) is 0 Å². The van der Waals surface area contributed by atoms with E-state index in [1.54, 1.807) is 6.08 Å². The molecule has 0 saturated carbocycles. The summed E-state index contributed by atoms with van der Waals surface area (Å²) >= 11 is 6.62. The second kappa shape index (κ2) is 6.85. The molecule has 0 atom stereocenters. The van der Waals surface area contributed by atoms with Crippen LogP contribution < -0.4 is 35.1 Å². The average Bonchev–Trinajstić information content (AvgIpc) is 2.88. The van der Waals surface area contributed by atoms with Gasteiger partial charge in [-0.1, -0.05) is 36.4 Å². The maximum absolute atomic E-state index is 12.6. The third kappa shape index (κ3) is 2.98. The fourth-order valence-electron chi connectivity index (χ4n) is 2.13. The van der Waals surface area contributed by atoms with Gasteiger partial charge in [0.05, 0.1) is 5.39 Å². The van der Waals surface area contributed by atoms with E-state index in [2.05, 4.69) is 11.6 Å². The molecule has 0 unspecified atom stereocenters. The Hall–Kier alpha value is -0.980. The smallest absolute Gasteiger partial charge is 0.742 e. The van der Waals surface area contributed by atoms with E-state index < -0.39 is 0 Å². The second-order valence-electron chi connectivity index (χ2n) is 4.29. The molecule has 2 heterocycles. The van der Waals surface area contributed by atoms with Crippen LogP contribution in [0.25, 0.3) is 21.3 Å². The fourth-order valence-corrected chi connectivity index (χ4v) is 3.37. The molecule has 21 heavy (non-hydrogen) atoms. The van der Waals surface area contributed by atoms with Crippen molar-refractivity contribution in [2.75, 3.05) is 0 Å². The Morgan fingerprint density at radius 1 is 1.33 bits per heavy atom. The first-order chi connectivity index (χ1) is 9.72. The minimum Gasteiger partial charge on any atom is -0.742 e. The Balaban J connectivity index is 0.00000161. The molecular weight excluding hydrogens is 311 g/mol. The van der Waals surface area contributed by atoms with Crippen molar-refractivity contribution in [1.29, 1.82) is 0 Å². The summed E-state index contributed by atoms with van der Waals surface area (Å²) in [5.41, 5.74) is 1.83. The first kappa shape index (κ1) is 16.4. The Labute approximate surface area is 154 Å². The summed E-state index contributed by atoms with van der Waals surface area (Å²) in [5, 5.41) is 2.90. The number of aromatic nitrogens is 2. The van der Waals surface area contributed by atoms with Gasteiger partial charge in [0, 0.05) is 17.5 Å². The Morgan fingerprint density at radius 2 is 2.05 bits per heavy atom. The van der Waals surface area contributed by atoms with Gasteiger partial charge in [-0.15, -0.1) is 17.9 Å². The number of allylic oxidation sites excluding steroid dienone is 1. The van der Waals surface area contributed by atoms with E-state index in [0.717, 1.165) is 11.1 Å². The third-order valence-corrected chi connectivity index (χ3v) is 4.24. The number of nitrogens with zero attached hydrogens (tertiary/aromatic N) is 2. The quantitative estimate of drug-likeness (QED) is 0.299. The van der Waals surface area contributed by atoms with Crippen molar-refractivity contribution in [1.82, 2.24) is 9.55 Å². The zero-order valence-corrected chi connectivity index (χ0v) is 15.2. The van der Waals surface area contributed by atoms with E-state index in [1.165, 1.54) is 15.9 Å². The normalized spacial score (nSPS) is 10.3. The molecule has 3 aromatic rings. The second-order valence-corrected chi connectivity index (χ2v) is 5.52. The SMILES string of the molecule is C=CCn1c([S-])nc2scc(-c3ccccc3)c2c1=O.[Na+]. The van der Waals surface area contributed by atoms with Crippen LogP contribution in [-0.4, -0.2) is 9.55 Å². The van der Waals surface area contributed by atoms with E-state index in [1.807, 2.05) is 35.7 Å². The number of rotatable bonds is 3. The molecule has 0 fully saturated rings. The maximum atomic E-state index is 12.6. The van der Waals surface area contributed by atoms with Crippen molar-refractivity contribution in [3.63, 3.8) is 0 Å². The molecule has 0 amide bonds. The summed E-state index contributed by atoms with van der Waals surface area (Å²) in [4.78, 5) is 17.7. The maximum Gasteiger partial charge on any atom is 1.00 e. The van der Waals surface area contributed by atoms with Gasteiger partial charge in [-0.25, -0.2) is 4.98 Å². The van der Waals surface area contributed by atoms with Gasteiger partial charge in [0.1, 0.15) is 4.83 Å². The van der Waals surface area contributed by atoms with Gasteiger partial charge >= 0.3 is 29.6 Å². The molecule has 0 aliphatic carbocycles. The molecule has 0 N–H and O–H groups in total. The van der Waals surface area contributed by atoms with Crippen molar-refractivity contribution in [3.8, 4) is 11.1 Å². The molecule has 0 aliphatic heterocycles. The Kier molecular flexibility index (Phi) is 5.35. The van der Waals surface area contributed by atoms with E-state index in [-0.39, 0.29) is 35.1 Å². The Morgan fingerprint density at radius 3 is 2.71 bits per heavy atom. The average molecular weight is 322 g/mol. The van der Waals surface area contributed by atoms with Gasteiger partial charge in [-0.2, -0.15) is 0 Å². The van der Waals surface area contributed by atoms with Crippen molar-refractivity contribution in [2.24, 2.45) is 0 Å². The van der Waals surface area contributed by atoms with Crippen LogP contribution in [0, 0.1) is 0 Å². The molecule has 0 saturated heterocycles. The van der Waals surface area contributed by atoms with E-state index in [0.29, 0.717) is 21.9 Å². The van der Waals surface area contributed by atoms with E-state index in [9.17, 15) is 4.79 Å². The van der Waals surface area contributed by atoms with E-state index in [4.69, 9.17) is 12.6 Å². The molecule has 3 rings (SSSR count). The molecule has 0 bridgehead atoms. The van der Waals surface area contributed by atoms with Gasteiger partial charge in [0.25, 0.3) is 5.56 Å². The van der Waals surface area contributed by atoms with Gasteiger partial charge in [0.15, 0.2) is 0 Å². The first-order valence-corrected chi connectivity index (χ1v) is 7.36. The third-order valence-electron chi connectivity index (χ3n) is 3.06. The summed E-state index contributed by atoms with van der Waals surface area (Å²) < 4.78 is 1.48. The van der Waals surface area contributed by atoms with Crippen LogP contribution in [0.2, 0.25) is 0 Å². The summed E-state index contributed by atoms with van der Waals surface area (Å²) in [6.45, 7) is 4.03. The molecule has 2 aromatic heterocycles. The number of fused-ring (bicyclic) bond motifs is 1. The first-order valence-electron chi connectivity index (χ1n) is 6.07. The summed E-state index contributed by atoms with van der Waals surface area (Å²) in [7, 11) is 0. The zero-order valence-electron chi connectivity index (χ0n) is 11.6. The van der Waals surface area contributed by atoms with Crippen LogP contribution in [0.15, 0.2) is 58.3 Å². The Bertz CT molecular complexity index is 840. The molecule has 3 nitrogen and oxygen atoms in total. The van der Waals surface area contributed by atoms with Crippen molar-refractivity contribution >= 4 is 34.2 Å². The monoisotopic (exact) mass is 322 g/mol. The number of hydrogen-bond acceptors (Lipinski definition) is 4. The number of benzene rings is 1. The fraction of sp³-hybridized carbons (Fsp3) is 0.0667. The number of hydrogen-bond donors (Lipinski definition) is 0. The molecule has 0 radical (unpaired) electrons. The van der Waals surface area contributed by atoms with Crippen LogP contribution in [-0.2, 0) is 19.2 Å².